The maximum Gasteiger partial charge on any atom is 0.250 e. The van der Waals surface area contributed by atoms with Gasteiger partial charge >= 0.3 is 0 Å². The second-order valence-corrected chi connectivity index (χ2v) is 26.2. The van der Waals surface area contributed by atoms with Gasteiger partial charge in [-0.1, -0.05) is 64.7 Å². The fourth-order valence-electron chi connectivity index (χ4n) is 4.38. The summed E-state index contributed by atoms with van der Waals surface area (Å²) in [7, 11) is -2.33. The lowest BCUT2D eigenvalue weighted by atomic mass is 10.0. The maximum atomic E-state index is 14.7. The van der Waals surface area contributed by atoms with Crippen molar-refractivity contribution in [2.75, 3.05) is 14.2 Å². The molecule has 0 aliphatic carbocycles. The molecule has 20 heteroatoms. The molecule has 0 aliphatic rings. The van der Waals surface area contributed by atoms with Crippen LogP contribution in [0.3, 0.4) is 0 Å². The molecule has 1 atom stereocenters. The van der Waals surface area contributed by atoms with Crippen LogP contribution in [0.15, 0.2) is 24.5 Å². The van der Waals surface area contributed by atoms with Crippen LogP contribution in [0.4, 0.5) is 17.6 Å². The number of carbonyl (C=O) groups is 1. The second kappa shape index (κ2) is 17.7. The van der Waals surface area contributed by atoms with Crippen molar-refractivity contribution in [3.8, 4) is 23.0 Å². The molecule has 0 amide bonds. The summed E-state index contributed by atoms with van der Waals surface area (Å²) in [5.74, 6) is -6.43. The standard InChI is InChI=1S/C18H22Cl2F2N2O3Si.C18H20Cl2F2N2O3Si/c2*1-18(2,3)28(5,6)27-11-7-10(21)13(22)12(15(11)26-4)14(25)9-8-23-17(20)24-16(9)19/h7-8,14,25H,1-6H3;7-8H,1-6H3. The van der Waals surface area contributed by atoms with E-state index in [1.807, 2.05) is 67.7 Å². The molecule has 1 N–H and O–H groups in total. The average Bonchev–Trinajstić information content (AvgIpc) is 3.06. The van der Waals surface area contributed by atoms with E-state index in [9.17, 15) is 27.5 Å². The van der Waals surface area contributed by atoms with E-state index >= 15 is 0 Å². The molecule has 0 fully saturated rings. The number of aromatic nitrogens is 4. The van der Waals surface area contributed by atoms with Gasteiger partial charge in [0.2, 0.25) is 16.4 Å². The molecule has 10 nitrogen and oxygen atoms in total. The summed E-state index contributed by atoms with van der Waals surface area (Å²) < 4.78 is 80.7. The molecule has 0 aliphatic heterocycles. The van der Waals surface area contributed by atoms with Gasteiger partial charge in [-0.05, 0) is 59.5 Å². The van der Waals surface area contributed by atoms with E-state index in [0.717, 1.165) is 24.5 Å². The molecule has 0 saturated carbocycles. The Hall–Kier alpha value is -3.26. The number of ketones is 1. The van der Waals surface area contributed by atoms with E-state index in [1.54, 1.807) is 0 Å². The fraction of sp³-hybridized carbons (Fsp3) is 0.417. The van der Waals surface area contributed by atoms with Crippen LogP contribution >= 0.6 is 46.4 Å². The van der Waals surface area contributed by atoms with E-state index < -0.39 is 62.9 Å². The van der Waals surface area contributed by atoms with Gasteiger partial charge in [-0.2, -0.15) is 0 Å². The number of benzene rings is 2. The van der Waals surface area contributed by atoms with Gasteiger partial charge in [0.05, 0.1) is 25.3 Å². The molecule has 0 radical (unpaired) electrons. The van der Waals surface area contributed by atoms with Gasteiger partial charge in [0, 0.05) is 30.1 Å². The lowest BCUT2D eigenvalue weighted by Crippen LogP contribution is -2.44. The molecular weight excluding hydrogens is 858 g/mol. The number of nitrogens with zero attached hydrogens (tertiary/aromatic N) is 4. The third kappa shape index (κ3) is 10.2. The molecule has 4 aromatic rings. The summed E-state index contributed by atoms with van der Waals surface area (Å²) >= 11 is 23.2. The number of carbonyl (C=O) groups excluding carboxylic acids is 1. The van der Waals surface area contributed by atoms with Gasteiger partial charge in [-0.15, -0.1) is 0 Å². The molecule has 306 valence electrons. The van der Waals surface area contributed by atoms with Crippen molar-refractivity contribution in [1.29, 1.82) is 0 Å². The zero-order valence-electron chi connectivity index (χ0n) is 32.7. The molecule has 2 heterocycles. The Morgan fingerprint density at radius 2 is 1.14 bits per heavy atom. The van der Waals surface area contributed by atoms with Crippen LogP contribution in [-0.4, -0.2) is 61.7 Å². The first-order chi connectivity index (χ1) is 25.6. The summed E-state index contributed by atoms with van der Waals surface area (Å²) in [6.45, 7) is 19.7. The quantitative estimate of drug-likeness (QED) is 0.0540. The molecular formula is C36H42Cl4F4N4O6Si2. The Balaban J connectivity index is 0.000000300. The van der Waals surface area contributed by atoms with Crippen molar-refractivity contribution in [3.63, 3.8) is 0 Å². The van der Waals surface area contributed by atoms with E-state index in [1.165, 1.54) is 14.2 Å². The number of rotatable bonds is 10. The van der Waals surface area contributed by atoms with Crippen molar-refractivity contribution in [2.24, 2.45) is 0 Å². The Bertz CT molecular complexity index is 2120. The van der Waals surface area contributed by atoms with Crippen molar-refractivity contribution in [3.05, 3.63) is 90.9 Å². The summed E-state index contributed by atoms with van der Waals surface area (Å²) in [4.78, 5) is 27.7. The van der Waals surface area contributed by atoms with Gasteiger partial charge in [-0.3, -0.25) is 4.79 Å². The fourth-order valence-corrected chi connectivity index (χ4v) is 7.19. The van der Waals surface area contributed by atoms with Crippen LogP contribution in [0.5, 0.6) is 23.0 Å². The first kappa shape index (κ1) is 47.1. The number of aliphatic hydroxyl groups is 1. The minimum absolute atomic E-state index is 0.00745. The highest BCUT2D eigenvalue weighted by atomic mass is 35.5. The van der Waals surface area contributed by atoms with Gasteiger partial charge in [0.1, 0.15) is 27.7 Å². The first-order valence-electron chi connectivity index (χ1n) is 16.7. The zero-order valence-corrected chi connectivity index (χ0v) is 37.7. The van der Waals surface area contributed by atoms with Crippen molar-refractivity contribution >= 4 is 68.8 Å². The normalized spacial score (nSPS) is 12.7. The highest BCUT2D eigenvalue weighted by Gasteiger charge is 2.42. The van der Waals surface area contributed by atoms with Gasteiger partial charge in [0.15, 0.2) is 40.5 Å². The smallest absolute Gasteiger partial charge is 0.250 e. The topological polar surface area (TPSA) is 126 Å². The van der Waals surface area contributed by atoms with Crippen molar-refractivity contribution in [2.45, 2.75) is 83.9 Å². The summed E-state index contributed by atoms with van der Waals surface area (Å²) in [6, 6.07) is 1.80. The van der Waals surface area contributed by atoms with Gasteiger partial charge in [-0.25, -0.2) is 37.5 Å². The largest absolute Gasteiger partial charge is 0.541 e. The SMILES string of the molecule is COc1c(O[Si](C)(C)C(C)(C)C)cc(F)c(F)c1C(=O)c1cnc(Cl)nc1Cl.COc1c(O[Si](C)(C)C(C)(C)C)cc(F)c(F)c1C(O)c1cnc(Cl)nc1Cl. The molecule has 56 heavy (non-hydrogen) atoms. The highest BCUT2D eigenvalue weighted by Crippen LogP contribution is 2.46. The molecule has 1 unspecified atom stereocenters. The van der Waals surface area contributed by atoms with Crippen LogP contribution in [0.25, 0.3) is 0 Å². The van der Waals surface area contributed by atoms with Gasteiger partial charge < -0.3 is 23.4 Å². The van der Waals surface area contributed by atoms with Crippen LogP contribution in [0, 0.1) is 23.3 Å². The molecule has 0 saturated heterocycles. The lowest BCUT2D eigenvalue weighted by Gasteiger charge is -2.37. The Morgan fingerprint density at radius 1 is 0.714 bits per heavy atom. The number of hydrogen-bond acceptors (Lipinski definition) is 10. The first-order valence-corrected chi connectivity index (χ1v) is 24.0. The molecule has 4 rings (SSSR count). The summed E-state index contributed by atoms with van der Waals surface area (Å²) in [6.07, 6.45) is 0.482. The number of hydrogen-bond donors (Lipinski definition) is 1. The minimum Gasteiger partial charge on any atom is -0.541 e. The highest BCUT2D eigenvalue weighted by molar-refractivity contribution is 6.75. The Kier molecular flexibility index (Phi) is 14.9. The van der Waals surface area contributed by atoms with Crippen LogP contribution in [0.2, 0.25) is 57.1 Å². The van der Waals surface area contributed by atoms with E-state index in [2.05, 4.69) is 19.9 Å². The van der Waals surface area contributed by atoms with Crippen LogP contribution in [0.1, 0.15) is 74.7 Å². The molecule has 0 spiro atoms. The third-order valence-corrected chi connectivity index (χ3v) is 19.2. The lowest BCUT2D eigenvalue weighted by molar-refractivity contribution is 0.102. The van der Waals surface area contributed by atoms with Gasteiger partial charge in [0.25, 0.3) is 16.6 Å². The van der Waals surface area contributed by atoms with E-state index in [4.69, 9.17) is 64.7 Å². The predicted molar refractivity (Wildman–Crippen MR) is 213 cm³/mol. The third-order valence-electron chi connectivity index (χ3n) is 9.55. The molecule has 0 bridgehead atoms. The second-order valence-electron chi connectivity index (χ2n) is 15.4. The minimum atomic E-state index is -2.44. The van der Waals surface area contributed by atoms with E-state index in [0.29, 0.717) is 0 Å². The maximum absolute atomic E-state index is 14.7. The summed E-state index contributed by atoms with van der Waals surface area (Å²) in [5, 5.41) is 9.50. The van der Waals surface area contributed by atoms with Crippen molar-refractivity contribution in [1.82, 2.24) is 19.9 Å². The Labute approximate surface area is 345 Å². The Morgan fingerprint density at radius 3 is 1.57 bits per heavy atom. The zero-order chi connectivity index (χ0) is 42.9. The predicted octanol–water partition coefficient (Wildman–Crippen LogP) is 11.2. The number of methoxy groups -OCH3 is 2. The average molecular weight is 901 g/mol. The monoisotopic (exact) mass is 898 g/mol. The van der Waals surface area contributed by atoms with Crippen LogP contribution in [-0.2, 0) is 0 Å². The van der Waals surface area contributed by atoms with Crippen LogP contribution < -0.4 is 18.3 Å². The van der Waals surface area contributed by atoms with E-state index in [-0.39, 0.29) is 65.1 Å². The molecule has 2 aromatic carbocycles. The number of aliphatic hydroxyl groups excluding tert-OH is 1. The number of halogens is 8. The molecule has 2 aromatic heterocycles. The summed E-state index contributed by atoms with van der Waals surface area (Å²) in [5.41, 5.74) is -1.40. The number of ether oxygens (including phenoxy) is 2. The van der Waals surface area contributed by atoms with Crippen molar-refractivity contribution < 1.29 is 45.8 Å².